The van der Waals surface area contributed by atoms with E-state index in [0.29, 0.717) is 26.9 Å². The zero-order valence-corrected chi connectivity index (χ0v) is 18.2. The van der Waals surface area contributed by atoms with E-state index < -0.39 is 12.0 Å². The van der Waals surface area contributed by atoms with Gasteiger partial charge in [0.1, 0.15) is 5.69 Å². The molecule has 0 bridgehead atoms. The lowest BCUT2D eigenvalue weighted by Crippen LogP contribution is -2.39. The van der Waals surface area contributed by atoms with E-state index in [-0.39, 0.29) is 36.9 Å². The molecule has 156 valence electrons. The molecule has 7 nitrogen and oxygen atoms in total. The number of anilines is 1. The lowest BCUT2D eigenvalue weighted by atomic mass is 10.1. The summed E-state index contributed by atoms with van der Waals surface area (Å²) in [7, 11) is 0. The van der Waals surface area contributed by atoms with Crippen molar-refractivity contribution in [2.24, 2.45) is 0 Å². The number of urea groups is 1. The summed E-state index contributed by atoms with van der Waals surface area (Å²) in [6.07, 6.45) is 0. The zero-order chi connectivity index (χ0) is 21.7. The van der Waals surface area contributed by atoms with Crippen molar-refractivity contribution in [2.75, 3.05) is 25.0 Å². The number of rotatable bonds is 7. The van der Waals surface area contributed by atoms with Crippen LogP contribution in [0.4, 0.5) is 10.5 Å². The van der Waals surface area contributed by atoms with Crippen molar-refractivity contribution in [1.82, 2.24) is 9.88 Å². The monoisotopic (exact) mass is 439 g/mol. The van der Waals surface area contributed by atoms with Gasteiger partial charge in [-0.1, -0.05) is 29.3 Å². The number of esters is 1. The molecule has 0 aliphatic carbocycles. The number of ether oxygens (including phenoxy) is 1. The van der Waals surface area contributed by atoms with E-state index in [1.807, 2.05) is 0 Å². The molecule has 0 unspecified atom stereocenters. The van der Waals surface area contributed by atoms with Crippen molar-refractivity contribution < 1.29 is 19.1 Å². The average Bonchev–Trinajstić information content (AvgIpc) is 2.97. The molecule has 0 radical (unpaired) electrons. The lowest BCUT2D eigenvalue weighted by Gasteiger charge is -2.21. The smallest absolute Gasteiger partial charge is 0.355 e. The van der Waals surface area contributed by atoms with Gasteiger partial charge in [0.05, 0.1) is 28.9 Å². The largest absolute Gasteiger partial charge is 0.461 e. The molecule has 1 aromatic carbocycles. The fraction of sp³-hybridized carbons (Fsp3) is 0.350. The van der Waals surface area contributed by atoms with E-state index in [2.05, 4.69) is 10.3 Å². The fourth-order valence-electron chi connectivity index (χ4n) is 2.96. The number of aryl methyl sites for hydroxylation is 1. The number of H-pyrrole nitrogens is 1. The number of carbonyl (C=O) groups excluding carboxylic acids is 3. The van der Waals surface area contributed by atoms with Crippen molar-refractivity contribution in [3.8, 4) is 0 Å². The molecule has 0 aliphatic heterocycles. The number of aromatic amines is 1. The summed E-state index contributed by atoms with van der Waals surface area (Å²) in [6.45, 7) is 7.17. The molecule has 0 saturated carbocycles. The Hall–Kier alpha value is -2.51. The lowest BCUT2D eigenvalue weighted by molar-refractivity contribution is 0.0519. The van der Waals surface area contributed by atoms with E-state index >= 15 is 0 Å². The number of aromatic nitrogens is 1. The van der Waals surface area contributed by atoms with Crippen LogP contribution in [-0.4, -0.2) is 47.4 Å². The Morgan fingerprint density at radius 2 is 1.76 bits per heavy atom. The van der Waals surface area contributed by atoms with Crippen LogP contribution in [0, 0.1) is 13.8 Å². The van der Waals surface area contributed by atoms with E-state index in [9.17, 15) is 14.4 Å². The second kappa shape index (κ2) is 9.80. The van der Waals surface area contributed by atoms with Crippen molar-refractivity contribution in [1.29, 1.82) is 0 Å². The Morgan fingerprint density at radius 1 is 1.14 bits per heavy atom. The number of halogens is 2. The van der Waals surface area contributed by atoms with E-state index in [1.165, 1.54) is 4.90 Å². The number of nitrogens with zero attached hydrogens (tertiary/aromatic N) is 1. The van der Waals surface area contributed by atoms with Crippen LogP contribution in [0.1, 0.15) is 46.0 Å². The number of hydrogen-bond acceptors (Lipinski definition) is 4. The number of hydrogen-bond donors (Lipinski definition) is 2. The second-order valence-electron chi connectivity index (χ2n) is 6.31. The van der Waals surface area contributed by atoms with Crippen molar-refractivity contribution in [2.45, 2.75) is 27.7 Å². The Morgan fingerprint density at radius 3 is 2.31 bits per heavy atom. The van der Waals surface area contributed by atoms with Crippen LogP contribution < -0.4 is 5.32 Å². The van der Waals surface area contributed by atoms with Crippen molar-refractivity contribution in [3.05, 3.63) is 50.8 Å². The third-order valence-corrected chi connectivity index (χ3v) is 5.02. The molecule has 0 aliphatic rings. The van der Waals surface area contributed by atoms with Gasteiger partial charge in [-0.15, -0.1) is 0 Å². The highest BCUT2D eigenvalue weighted by Crippen LogP contribution is 2.30. The maximum absolute atomic E-state index is 12.9. The van der Waals surface area contributed by atoms with Crippen LogP contribution in [0.15, 0.2) is 18.2 Å². The second-order valence-corrected chi connectivity index (χ2v) is 7.12. The van der Waals surface area contributed by atoms with Crippen molar-refractivity contribution in [3.63, 3.8) is 0 Å². The van der Waals surface area contributed by atoms with Gasteiger partial charge in [-0.3, -0.25) is 4.79 Å². The highest BCUT2D eigenvalue weighted by molar-refractivity contribution is 6.39. The molecule has 0 atom stereocenters. The zero-order valence-electron chi connectivity index (χ0n) is 16.7. The highest BCUT2D eigenvalue weighted by atomic mass is 35.5. The molecule has 0 spiro atoms. The molecule has 2 rings (SSSR count). The molecule has 0 saturated heterocycles. The van der Waals surface area contributed by atoms with Gasteiger partial charge in [-0.25, -0.2) is 9.59 Å². The predicted molar refractivity (Wildman–Crippen MR) is 113 cm³/mol. The highest BCUT2D eigenvalue weighted by Gasteiger charge is 2.25. The first kappa shape index (κ1) is 22.8. The van der Waals surface area contributed by atoms with Crippen LogP contribution in [0.25, 0.3) is 0 Å². The van der Waals surface area contributed by atoms with Gasteiger partial charge in [0.25, 0.3) is 0 Å². The SMILES string of the molecule is CCOC(=O)c1[nH]c(C)c(C(=O)CN(CC)C(=O)Nc2c(Cl)cccc2Cl)c1C. The topological polar surface area (TPSA) is 91.5 Å². The average molecular weight is 440 g/mol. The summed E-state index contributed by atoms with van der Waals surface area (Å²) in [5.74, 6) is -0.820. The van der Waals surface area contributed by atoms with Crippen LogP contribution in [0.3, 0.4) is 0 Å². The van der Waals surface area contributed by atoms with E-state index in [4.69, 9.17) is 27.9 Å². The molecule has 2 N–H and O–H groups in total. The van der Waals surface area contributed by atoms with Crippen molar-refractivity contribution >= 4 is 46.7 Å². The molecular weight excluding hydrogens is 417 g/mol. The van der Waals surface area contributed by atoms with Gasteiger partial charge >= 0.3 is 12.0 Å². The fourth-order valence-corrected chi connectivity index (χ4v) is 3.45. The van der Waals surface area contributed by atoms with Gasteiger partial charge < -0.3 is 19.9 Å². The number of likely N-dealkylation sites (N-methyl/N-ethyl adjacent to an activating group) is 1. The quantitative estimate of drug-likeness (QED) is 0.476. The Labute approximate surface area is 179 Å². The minimum absolute atomic E-state index is 0.174. The molecule has 9 heteroatoms. The molecule has 2 amide bonds. The number of para-hydroxylation sites is 1. The normalized spacial score (nSPS) is 10.6. The Kier molecular flexibility index (Phi) is 7.70. The van der Waals surface area contributed by atoms with Gasteiger partial charge in [0.2, 0.25) is 0 Å². The standard InChI is InChI=1S/C20H23Cl2N3O4/c1-5-25(20(28)24-18-13(21)8-7-9-14(18)22)10-15(26)16-11(3)17(23-12(16)4)19(27)29-6-2/h7-9,23H,5-6,10H2,1-4H3,(H,24,28). The van der Waals surface area contributed by atoms with Crippen LogP contribution in [0.5, 0.6) is 0 Å². The van der Waals surface area contributed by atoms with Gasteiger partial charge in [0.15, 0.2) is 5.78 Å². The minimum Gasteiger partial charge on any atom is -0.461 e. The number of carbonyl (C=O) groups is 3. The molecule has 29 heavy (non-hydrogen) atoms. The first-order valence-electron chi connectivity index (χ1n) is 9.10. The predicted octanol–water partition coefficient (Wildman–Crippen LogP) is 4.85. The Bertz CT molecular complexity index is 920. The van der Waals surface area contributed by atoms with E-state index in [0.717, 1.165) is 0 Å². The summed E-state index contributed by atoms with van der Waals surface area (Å²) in [6, 6.07) is 4.37. The number of ketones is 1. The summed E-state index contributed by atoms with van der Waals surface area (Å²) >= 11 is 12.2. The van der Waals surface area contributed by atoms with Crippen LogP contribution in [0.2, 0.25) is 10.0 Å². The molecule has 1 aromatic heterocycles. The number of benzene rings is 1. The van der Waals surface area contributed by atoms with Gasteiger partial charge in [-0.05, 0) is 45.4 Å². The molecule has 2 aromatic rings. The summed E-state index contributed by atoms with van der Waals surface area (Å²) in [5, 5.41) is 3.24. The number of amides is 2. The summed E-state index contributed by atoms with van der Waals surface area (Å²) < 4.78 is 5.01. The maximum Gasteiger partial charge on any atom is 0.355 e. The third-order valence-electron chi connectivity index (χ3n) is 4.39. The third kappa shape index (κ3) is 5.10. The van der Waals surface area contributed by atoms with Gasteiger partial charge in [0, 0.05) is 17.8 Å². The molecule has 0 fully saturated rings. The van der Waals surface area contributed by atoms with Gasteiger partial charge in [-0.2, -0.15) is 0 Å². The first-order valence-corrected chi connectivity index (χ1v) is 9.86. The maximum atomic E-state index is 12.9. The first-order chi connectivity index (χ1) is 13.7. The van der Waals surface area contributed by atoms with E-state index in [1.54, 1.807) is 45.9 Å². The summed E-state index contributed by atoms with van der Waals surface area (Å²) in [5.41, 5.74) is 1.93. The molecule has 1 heterocycles. The Balaban J connectivity index is 2.20. The van der Waals surface area contributed by atoms with Crippen LogP contribution >= 0.6 is 23.2 Å². The minimum atomic E-state index is -0.523. The number of Topliss-reactive ketones (excluding diaryl/α,β-unsaturated/α-hetero) is 1. The molecular formula is C20H23Cl2N3O4. The summed E-state index contributed by atoms with van der Waals surface area (Å²) in [4.78, 5) is 41.8. The van der Waals surface area contributed by atoms with Crippen LogP contribution in [-0.2, 0) is 4.74 Å². The number of nitrogens with one attached hydrogen (secondary N) is 2.